The van der Waals surface area contributed by atoms with Crippen molar-refractivity contribution in [1.82, 2.24) is 15.0 Å². The van der Waals surface area contributed by atoms with Gasteiger partial charge in [-0.2, -0.15) is 0 Å². The van der Waals surface area contributed by atoms with Crippen molar-refractivity contribution < 1.29 is 42.8 Å². The number of hydrogen-bond acceptors (Lipinski definition) is 8. The Bertz CT molecular complexity index is 1330. The van der Waals surface area contributed by atoms with Gasteiger partial charge in [0.15, 0.2) is 23.2 Å². The van der Waals surface area contributed by atoms with Crippen molar-refractivity contribution in [2.45, 2.75) is 63.9 Å². The van der Waals surface area contributed by atoms with Gasteiger partial charge in [0, 0.05) is 16.0 Å². The van der Waals surface area contributed by atoms with E-state index < -0.39 is 71.8 Å². The Morgan fingerprint density at radius 2 is 1.75 bits per heavy atom. The molecule has 0 saturated carbocycles. The fourth-order valence-corrected chi connectivity index (χ4v) is 4.59. The van der Waals surface area contributed by atoms with Gasteiger partial charge in [-0.05, 0) is 29.8 Å². The lowest BCUT2D eigenvalue weighted by Crippen LogP contribution is -2.61. The molecule has 1 aromatic heterocycles. The summed E-state index contributed by atoms with van der Waals surface area (Å²) in [5.74, 6) is -4.92. The van der Waals surface area contributed by atoms with Crippen LogP contribution in [-0.2, 0) is 20.9 Å². The number of carbonyl (C=O) groups is 1. The van der Waals surface area contributed by atoms with Crippen molar-refractivity contribution in [2.75, 3.05) is 6.61 Å². The number of benzene rings is 2. The van der Waals surface area contributed by atoms with E-state index in [9.17, 15) is 33.3 Å². The average Bonchev–Trinajstić information content (AvgIpc) is 3.38. The fourth-order valence-electron chi connectivity index (χ4n) is 4.46. The summed E-state index contributed by atoms with van der Waals surface area (Å²) in [6, 6.07) is 6.86. The number of ketones is 1. The normalized spacial score (nSPS) is 24.2. The van der Waals surface area contributed by atoms with Crippen molar-refractivity contribution in [2.24, 2.45) is 5.41 Å². The highest BCUT2D eigenvalue weighted by Crippen LogP contribution is 2.35. The highest BCUT2D eigenvalue weighted by Gasteiger charge is 2.51. The SMILES string of the molecule is CC(C)(C)C(=O)[C@@H](OCc1ccc(Cl)cc1)[C@@H]1OC(CO)[C@H](O)[C@H](n2cc(-c3cc(F)c(F)c(F)c3)nn2)C1O. The van der Waals surface area contributed by atoms with Crippen molar-refractivity contribution >= 4 is 17.4 Å². The van der Waals surface area contributed by atoms with Crippen LogP contribution in [0.4, 0.5) is 13.2 Å². The van der Waals surface area contributed by atoms with E-state index in [1.165, 1.54) is 6.20 Å². The van der Waals surface area contributed by atoms with Crippen molar-refractivity contribution in [1.29, 1.82) is 0 Å². The van der Waals surface area contributed by atoms with Gasteiger partial charge in [0.25, 0.3) is 0 Å². The summed E-state index contributed by atoms with van der Waals surface area (Å²) in [7, 11) is 0. The summed E-state index contributed by atoms with van der Waals surface area (Å²) in [6.07, 6.45) is -5.92. The zero-order valence-corrected chi connectivity index (χ0v) is 22.6. The molecule has 2 unspecified atom stereocenters. The van der Waals surface area contributed by atoms with E-state index in [4.69, 9.17) is 21.1 Å². The standard InChI is InChI=1S/C27H29ClF3N3O6/c1-27(2,3)26(38)25(39-12-13-4-6-15(28)7-5-13)24-23(37)21(22(36)19(11-35)40-24)34-10-18(32-33-34)14-8-16(29)20(31)17(30)9-14/h4-10,19,21-25,35-37H,11-12H2,1-3H3/t19?,21-,22-,23?,24+,25-/m0/s1. The zero-order chi connectivity index (χ0) is 29.4. The molecule has 0 aliphatic carbocycles. The molecule has 6 atom stereocenters. The zero-order valence-electron chi connectivity index (χ0n) is 21.8. The van der Waals surface area contributed by atoms with Gasteiger partial charge in [-0.3, -0.25) is 4.79 Å². The van der Waals surface area contributed by atoms with Gasteiger partial charge < -0.3 is 24.8 Å². The van der Waals surface area contributed by atoms with Crippen LogP contribution < -0.4 is 0 Å². The van der Waals surface area contributed by atoms with E-state index >= 15 is 0 Å². The maximum absolute atomic E-state index is 13.8. The number of Topliss-reactive ketones (excluding diaryl/α,β-unsaturated/α-hetero) is 1. The van der Waals surface area contributed by atoms with Gasteiger partial charge in [0.1, 0.15) is 42.3 Å². The third-order valence-electron chi connectivity index (χ3n) is 6.66. The number of hydrogen-bond donors (Lipinski definition) is 3. The molecule has 0 amide bonds. The van der Waals surface area contributed by atoms with Crippen LogP contribution in [0.25, 0.3) is 11.3 Å². The van der Waals surface area contributed by atoms with Gasteiger partial charge in [-0.1, -0.05) is 49.7 Å². The predicted molar refractivity (Wildman–Crippen MR) is 137 cm³/mol. The third-order valence-corrected chi connectivity index (χ3v) is 6.92. The molecule has 216 valence electrons. The lowest BCUT2D eigenvalue weighted by atomic mass is 9.81. The second-order valence-electron chi connectivity index (χ2n) is 10.6. The molecule has 4 rings (SSSR count). The van der Waals surface area contributed by atoms with Crippen molar-refractivity contribution in [3.05, 3.63) is 70.6 Å². The van der Waals surface area contributed by atoms with Crippen LogP contribution in [0.15, 0.2) is 42.6 Å². The van der Waals surface area contributed by atoms with Gasteiger partial charge in [-0.15, -0.1) is 5.10 Å². The molecule has 0 bridgehead atoms. The Kier molecular flexibility index (Phi) is 8.98. The van der Waals surface area contributed by atoms with E-state index in [0.29, 0.717) is 10.6 Å². The van der Waals surface area contributed by atoms with E-state index in [1.807, 2.05) is 0 Å². The van der Waals surface area contributed by atoms with Crippen LogP contribution in [0.1, 0.15) is 32.4 Å². The van der Waals surface area contributed by atoms with Crippen LogP contribution in [0.5, 0.6) is 0 Å². The predicted octanol–water partition coefficient (Wildman–Crippen LogP) is 3.24. The lowest BCUT2D eigenvalue weighted by molar-refractivity contribution is -0.236. The van der Waals surface area contributed by atoms with Gasteiger partial charge >= 0.3 is 0 Å². The first-order valence-corrected chi connectivity index (χ1v) is 12.8. The largest absolute Gasteiger partial charge is 0.394 e. The molecule has 3 N–H and O–H groups in total. The molecule has 40 heavy (non-hydrogen) atoms. The van der Waals surface area contributed by atoms with Crippen LogP contribution in [0.2, 0.25) is 5.02 Å². The number of aliphatic hydroxyl groups is 3. The Morgan fingerprint density at radius 3 is 2.33 bits per heavy atom. The van der Waals surface area contributed by atoms with Gasteiger partial charge in [0.2, 0.25) is 0 Å². The number of carbonyl (C=O) groups excluding carboxylic acids is 1. The van der Waals surface area contributed by atoms with Crippen LogP contribution in [0, 0.1) is 22.9 Å². The Hall–Kier alpha value is -2.87. The van der Waals surface area contributed by atoms with Crippen molar-refractivity contribution in [3.63, 3.8) is 0 Å². The second kappa shape index (κ2) is 11.9. The maximum Gasteiger partial charge on any atom is 0.194 e. The molecule has 2 aromatic carbocycles. The molecule has 1 saturated heterocycles. The summed E-state index contributed by atoms with van der Waals surface area (Å²) in [4.78, 5) is 13.5. The highest BCUT2D eigenvalue weighted by molar-refractivity contribution is 6.30. The summed E-state index contributed by atoms with van der Waals surface area (Å²) in [6.45, 7) is 4.30. The summed E-state index contributed by atoms with van der Waals surface area (Å²) in [5, 5.41) is 40.6. The number of nitrogens with zero attached hydrogens (tertiary/aromatic N) is 3. The minimum absolute atomic E-state index is 0.0393. The number of aliphatic hydroxyl groups excluding tert-OH is 3. The maximum atomic E-state index is 13.8. The molecular formula is C27H29ClF3N3O6. The molecule has 3 aromatic rings. The lowest BCUT2D eigenvalue weighted by Gasteiger charge is -2.45. The summed E-state index contributed by atoms with van der Waals surface area (Å²) >= 11 is 5.95. The van der Waals surface area contributed by atoms with Crippen molar-refractivity contribution in [3.8, 4) is 11.3 Å². The fraction of sp³-hybridized carbons (Fsp3) is 0.444. The van der Waals surface area contributed by atoms with Gasteiger partial charge in [-0.25, -0.2) is 17.9 Å². The summed E-state index contributed by atoms with van der Waals surface area (Å²) in [5.41, 5.74) is -0.454. The Labute approximate surface area is 233 Å². The quantitative estimate of drug-likeness (QED) is 0.345. The smallest absolute Gasteiger partial charge is 0.194 e. The number of aromatic nitrogens is 3. The Morgan fingerprint density at radius 1 is 1.12 bits per heavy atom. The number of halogens is 4. The molecule has 1 aliphatic rings. The topological polar surface area (TPSA) is 127 Å². The first kappa shape index (κ1) is 30.1. The molecule has 0 radical (unpaired) electrons. The summed E-state index contributed by atoms with van der Waals surface area (Å²) < 4.78 is 53.8. The van der Waals surface area contributed by atoms with Gasteiger partial charge in [0.05, 0.1) is 19.4 Å². The second-order valence-corrected chi connectivity index (χ2v) is 11.0. The molecule has 9 nitrogen and oxygen atoms in total. The van der Waals surface area contributed by atoms with Crippen LogP contribution in [-0.4, -0.2) is 73.2 Å². The minimum atomic E-state index is -1.65. The molecule has 0 spiro atoms. The third kappa shape index (κ3) is 6.22. The first-order chi connectivity index (χ1) is 18.8. The van der Waals surface area contributed by atoms with E-state index in [2.05, 4.69) is 10.3 Å². The van der Waals surface area contributed by atoms with Crippen LogP contribution >= 0.6 is 11.6 Å². The minimum Gasteiger partial charge on any atom is -0.394 e. The van der Waals surface area contributed by atoms with E-state index in [0.717, 1.165) is 16.8 Å². The highest BCUT2D eigenvalue weighted by atomic mass is 35.5. The first-order valence-electron chi connectivity index (χ1n) is 12.4. The molecule has 1 aliphatic heterocycles. The number of ether oxygens (including phenoxy) is 2. The van der Waals surface area contributed by atoms with Crippen LogP contribution in [0.3, 0.4) is 0 Å². The molecule has 13 heteroatoms. The average molecular weight is 584 g/mol. The van der Waals surface area contributed by atoms with E-state index in [-0.39, 0.29) is 17.9 Å². The molecule has 1 fully saturated rings. The molecule has 2 heterocycles. The molecular weight excluding hydrogens is 555 g/mol. The number of rotatable bonds is 8. The van der Waals surface area contributed by atoms with E-state index in [1.54, 1.807) is 45.0 Å². The Balaban J connectivity index is 1.67. The monoisotopic (exact) mass is 583 g/mol.